The molecule has 0 saturated carbocycles. The standard InChI is InChI=1S/C17H28N2O3.ClH/c1-4-10-21-15-8-7-14(12-16(15)22-11-5-2)19-17(20)9-6-13(3)18;/h7-8,12-13H,4-6,9-11,18H2,1-3H3,(H,19,20);1H. The van der Waals surface area contributed by atoms with E-state index in [1.54, 1.807) is 0 Å². The summed E-state index contributed by atoms with van der Waals surface area (Å²) in [6.45, 7) is 7.25. The molecular weight excluding hydrogens is 316 g/mol. The fourth-order valence-electron chi connectivity index (χ4n) is 1.82. The van der Waals surface area contributed by atoms with E-state index in [0.717, 1.165) is 12.8 Å². The molecule has 5 nitrogen and oxygen atoms in total. The van der Waals surface area contributed by atoms with Gasteiger partial charge < -0.3 is 20.5 Å². The van der Waals surface area contributed by atoms with Crippen LogP contribution in [0.1, 0.15) is 46.5 Å². The number of ether oxygens (including phenoxy) is 2. The molecule has 1 aromatic carbocycles. The molecule has 0 aliphatic rings. The Labute approximate surface area is 145 Å². The molecule has 0 bridgehead atoms. The lowest BCUT2D eigenvalue weighted by Crippen LogP contribution is -2.19. The molecule has 0 aliphatic carbocycles. The third-order valence-electron chi connectivity index (χ3n) is 2.98. The molecule has 132 valence electrons. The van der Waals surface area contributed by atoms with Gasteiger partial charge >= 0.3 is 0 Å². The van der Waals surface area contributed by atoms with E-state index in [9.17, 15) is 4.79 Å². The average Bonchev–Trinajstić information content (AvgIpc) is 2.50. The summed E-state index contributed by atoms with van der Waals surface area (Å²) in [5, 5.41) is 2.87. The number of hydrogen-bond donors (Lipinski definition) is 2. The fraction of sp³-hybridized carbons (Fsp3) is 0.588. The van der Waals surface area contributed by atoms with Crippen LogP contribution in [0.5, 0.6) is 11.5 Å². The summed E-state index contributed by atoms with van der Waals surface area (Å²) in [6.07, 6.45) is 2.93. The highest BCUT2D eigenvalue weighted by Gasteiger charge is 2.09. The molecular formula is C17H29ClN2O3. The van der Waals surface area contributed by atoms with Crippen molar-refractivity contribution in [3.63, 3.8) is 0 Å². The lowest BCUT2D eigenvalue weighted by Gasteiger charge is -2.14. The van der Waals surface area contributed by atoms with Crippen LogP contribution in [0.2, 0.25) is 0 Å². The SMILES string of the molecule is CCCOc1ccc(NC(=O)CCC(C)N)cc1OCCC.Cl. The molecule has 0 heterocycles. The summed E-state index contributed by atoms with van der Waals surface area (Å²) in [5.41, 5.74) is 6.38. The molecule has 1 unspecified atom stereocenters. The van der Waals surface area contributed by atoms with Gasteiger partial charge in [0.05, 0.1) is 13.2 Å². The zero-order chi connectivity index (χ0) is 16.4. The highest BCUT2D eigenvalue weighted by molar-refractivity contribution is 5.91. The number of halogens is 1. The molecule has 3 N–H and O–H groups in total. The van der Waals surface area contributed by atoms with Gasteiger partial charge in [0.1, 0.15) is 0 Å². The molecule has 1 rings (SSSR count). The Bertz CT molecular complexity index is 467. The van der Waals surface area contributed by atoms with Gasteiger partial charge in [-0.05, 0) is 38.3 Å². The van der Waals surface area contributed by atoms with Gasteiger partial charge in [-0.2, -0.15) is 0 Å². The molecule has 0 fully saturated rings. The quantitative estimate of drug-likeness (QED) is 0.678. The minimum absolute atomic E-state index is 0. The smallest absolute Gasteiger partial charge is 0.224 e. The first-order chi connectivity index (χ1) is 10.6. The third-order valence-corrected chi connectivity index (χ3v) is 2.98. The zero-order valence-corrected chi connectivity index (χ0v) is 15.1. The minimum Gasteiger partial charge on any atom is -0.490 e. The molecule has 0 spiro atoms. The zero-order valence-electron chi connectivity index (χ0n) is 14.3. The first-order valence-electron chi connectivity index (χ1n) is 8.01. The van der Waals surface area contributed by atoms with Crippen molar-refractivity contribution in [2.24, 2.45) is 5.73 Å². The van der Waals surface area contributed by atoms with Crippen LogP contribution < -0.4 is 20.5 Å². The van der Waals surface area contributed by atoms with Crippen LogP contribution in [0.4, 0.5) is 5.69 Å². The topological polar surface area (TPSA) is 73.6 Å². The maximum absolute atomic E-state index is 11.9. The predicted molar refractivity (Wildman–Crippen MR) is 96.8 cm³/mol. The van der Waals surface area contributed by atoms with Gasteiger partial charge in [0, 0.05) is 24.2 Å². The Morgan fingerprint density at radius 3 is 2.35 bits per heavy atom. The lowest BCUT2D eigenvalue weighted by molar-refractivity contribution is -0.116. The van der Waals surface area contributed by atoms with E-state index in [1.165, 1.54) is 0 Å². The van der Waals surface area contributed by atoms with Gasteiger partial charge in [0.15, 0.2) is 11.5 Å². The average molecular weight is 345 g/mol. The van der Waals surface area contributed by atoms with Crippen molar-refractivity contribution in [3.05, 3.63) is 18.2 Å². The van der Waals surface area contributed by atoms with Gasteiger partial charge in [-0.25, -0.2) is 0 Å². The third kappa shape index (κ3) is 8.67. The predicted octanol–water partition coefficient (Wildman–Crippen LogP) is 3.75. The van der Waals surface area contributed by atoms with Crippen LogP contribution in [0.15, 0.2) is 18.2 Å². The second-order valence-electron chi connectivity index (χ2n) is 5.42. The summed E-state index contributed by atoms with van der Waals surface area (Å²) in [5.74, 6) is 1.34. The number of amides is 1. The molecule has 0 aromatic heterocycles. The van der Waals surface area contributed by atoms with Crippen LogP contribution >= 0.6 is 12.4 Å². The first-order valence-corrected chi connectivity index (χ1v) is 8.01. The highest BCUT2D eigenvalue weighted by atomic mass is 35.5. The maximum atomic E-state index is 11.9. The Morgan fingerprint density at radius 2 is 1.78 bits per heavy atom. The fourth-order valence-corrected chi connectivity index (χ4v) is 1.82. The van der Waals surface area contributed by atoms with Crippen molar-refractivity contribution >= 4 is 24.0 Å². The Hall–Kier alpha value is -1.46. The number of rotatable bonds is 10. The largest absolute Gasteiger partial charge is 0.490 e. The Kier molecular flexibility index (Phi) is 11.3. The monoisotopic (exact) mass is 344 g/mol. The molecule has 0 radical (unpaired) electrons. The number of nitrogens with one attached hydrogen (secondary N) is 1. The van der Waals surface area contributed by atoms with E-state index in [-0.39, 0.29) is 24.4 Å². The highest BCUT2D eigenvalue weighted by Crippen LogP contribution is 2.31. The van der Waals surface area contributed by atoms with Gasteiger partial charge in [0.25, 0.3) is 0 Å². The van der Waals surface area contributed by atoms with Crippen molar-refractivity contribution in [2.45, 2.75) is 52.5 Å². The van der Waals surface area contributed by atoms with Crippen molar-refractivity contribution < 1.29 is 14.3 Å². The summed E-state index contributed by atoms with van der Waals surface area (Å²) >= 11 is 0. The lowest BCUT2D eigenvalue weighted by atomic mass is 10.2. The van der Waals surface area contributed by atoms with Crippen molar-refractivity contribution in [3.8, 4) is 11.5 Å². The molecule has 1 amide bonds. The summed E-state index contributed by atoms with van der Waals surface area (Å²) in [6, 6.07) is 5.50. The molecule has 0 saturated heterocycles. The van der Waals surface area contributed by atoms with Gasteiger partial charge in [-0.1, -0.05) is 13.8 Å². The number of benzene rings is 1. The summed E-state index contributed by atoms with van der Waals surface area (Å²) in [7, 11) is 0. The van der Waals surface area contributed by atoms with Crippen molar-refractivity contribution in [1.29, 1.82) is 0 Å². The first kappa shape index (κ1) is 21.5. The Morgan fingerprint density at radius 1 is 1.17 bits per heavy atom. The van der Waals surface area contributed by atoms with Crippen LogP contribution in [-0.4, -0.2) is 25.2 Å². The van der Waals surface area contributed by atoms with Crippen molar-refractivity contribution in [1.82, 2.24) is 0 Å². The summed E-state index contributed by atoms with van der Waals surface area (Å²) < 4.78 is 11.4. The number of anilines is 1. The van der Waals surface area contributed by atoms with E-state index in [4.69, 9.17) is 15.2 Å². The molecule has 0 aliphatic heterocycles. The number of hydrogen-bond acceptors (Lipinski definition) is 4. The summed E-state index contributed by atoms with van der Waals surface area (Å²) in [4.78, 5) is 11.9. The minimum atomic E-state index is -0.0408. The number of nitrogens with two attached hydrogens (primary N) is 1. The van der Waals surface area contributed by atoms with Crippen LogP contribution in [0.3, 0.4) is 0 Å². The van der Waals surface area contributed by atoms with Crippen LogP contribution in [0.25, 0.3) is 0 Å². The van der Waals surface area contributed by atoms with Crippen LogP contribution in [-0.2, 0) is 4.79 Å². The maximum Gasteiger partial charge on any atom is 0.224 e. The number of carbonyl (C=O) groups is 1. The van der Waals surface area contributed by atoms with Gasteiger partial charge in [-0.3, -0.25) is 4.79 Å². The van der Waals surface area contributed by atoms with E-state index >= 15 is 0 Å². The van der Waals surface area contributed by atoms with E-state index in [0.29, 0.717) is 43.2 Å². The number of carbonyl (C=O) groups excluding carboxylic acids is 1. The van der Waals surface area contributed by atoms with E-state index < -0.39 is 0 Å². The molecule has 1 atom stereocenters. The van der Waals surface area contributed by atoms with Gasteiger partial charge in [0.2, 0.25) is 5.91 Å². The normalized spacial score (nSPS) is 11.3. The second-order valence-corrected chi connectivity index (χ2v) is 5.42. The molecule has 1 aromatic rings. The van der Waals surface area contributed by atoms with Gasteiger partial charge in [-0.15, -0.1) is 12.4 Å². The molecule has 23 heavy (non-hydrogen) atoms. The molecule has 6 heteroatoms. The van der Waals surface area contributed by atoms with Crippen LogP contribution in [0, 0.1) is 0 Å². The Balaban J connectivity index is 0.00000484. The van der Waals surface area contributed by atoms with E-state index in [2.05, 4.69) is 12.2 Å². The van der Waals surface area contributed by atoms with Crippen molar-refractivity contribution in [2.75, 3.05) is 18.5 Å². The van der Waals surface area contributed by atoms with E-state index in [1.807, 2.05) is 32.0 Å². The second kappa shape index (κ2) is 12.0.